The number of aliphatic hydroxyl groups excluding tert-OH is 1. The van der Waals surface area contributed by atoms with E-state index in [4.69, 9.17) is 11.6 Å². The van der Waals surface area contributed by atoms with E-state index in [2.05, 4.69) is 0 Å². The number of nitrogens with zero attached hydrogens (tertiary/aromatic N) is 1. The molecule has 0 aromatic heterocycles. The summed E-state index contributed by atoms with van der Waals surface area (Å²) in [5.74, 6) is 0. The predicted octanol–water partition coefficient (Wildman–Crippen LogP) is 1.79. The summed E-state index contributed by atoms with van der Waals surface area (Å²) in [5.41, 5.74) is 0.627. The first-order valence-electron chi connectivity index (χ1n) is 5.85. The van der Waals surface area contributed by atoms with Gasteiger partial charge in [0, 0.05) is 18.1 Å². The van der Waals surface area contributed by atoms with Crippen LogP contribution < -0.4 is 0 Å². The van der Waals surface area contributed by atoms with Crippen LogP contribution in [-0.2, 0) is 10.0 Å². The number of β-amino-alcohol motifs (C(OH)–C–C–N with tert-alkyl or cyclic N) is 1. The standard InChI is InChI=1S/C12H16ClNO3S/c1-9-7-10(13)4-5-12(9)18(16,17)14-6-2-3-11(15)8-14/h4-5,7,11,15H,2-3,6,8H2,1H3/t11-/m0/s1. The maximum absolute atomic E-state index is 12.4. The van der Waals surface area contributed by atoms with E-state index in [0.717, 1.165) is 0 Å². The number of sulfonamides is 1. The Hall–Kier alpha value is -0.620. The zero-order chi connectivity index (χ0) is 13.3. The predicted molar refractivity (Wildman–Crippen MR) is 70.2 cm³/mol. The summed E-state index contributed by atoms with van der Waals surface area (Å²) < 4.78 is 26.2. The molecule has 0 unspecified atom stereocenters. The fourth-order valence-corrected chi connectivity index (χ4v) is 4.13. The summed E-state index contributed by atoms with van der Waals surface area (Å²) in [4.78, 5) is 0.265. The molecular weight excluding hydrogens is 274 g/mol. The van der Waals surface area contributed by atoms with Gasteiger partial charge in [-0.1, -0.05) is 11.6 Å². The molecule has 1 N–H and O–H groups in total. The lowest BCUT2D eigenvalue weighted by Crippen LogP contribution is -2.42. The van der Waals surface area contributed by atoms with Crippen molar-refractivity contribution in [2.45, 2.75) is 30.8 Å². The molecule has 0 saturated carbocycles. The normalized spacial score (nSPS) is 22.1. The van der Waals surface area contributed by atoms with Crippen molar-refractivity contribution in [3.63, 3.8) is 0 Å². The van der Waals surface area contributed by atoms with Gasteiger partial charge in [-0.2, -0.15) is 4.31 Å². The number of hydrogen-bond donors (Lipinski definition) is 1. The molecule has 1 heterocycles. The molecule has 1 fully saturated rings. The largest absolute Gasteiger partial charge is 0.392 e. The van der Waals surface area contributed by atoms with E-state index in [1.807, 2.05) is 0 Å². The average Bonchev–Trinajstić information content (AvgIpc) is 2.28. The van der Waals surface area contributed by atoms with Crippen LogP contribution in [0.15, 0.2) is 23.1 Å². The number of aliphatic hydroxyl groups is 1. The van der Waals surface area contributed by atoms with Gasteiger partial charge in [-0.05, 0) is 43.5 Å². The Labute approximate surface area is 112 Å². The van der Waals surface area contributed by atoms with Gasteiger partial charge >= 0.3 is 0 Å². The van der Waals surface area contributed by atoms with Crippen LogP contribution in [-0.4, -0.2) is 37.0 Å². The first-order chi connectivity index (χ1) is 8.41. The molecule has 1 atom stereocenters. The molecule has 0 spiro atoms. The van der Waals surface area contributed by atoms with Crippen molar-refractivity contribution in [3.8, 4) is 0 Å². The molecular formula is C12H16ClNO3S. The molecule has 2 rings (SSSR count). The fraction of sp³-hybridized carbons (Fsp3) is 0.500. The Kier molecular flexibility index (Phi) is 3.96. The van der Waals surface area contributed by atoms with Gasteiger partial charge in [-0.15, -0.1) is 0 Å². The monoisotopic (exact) mass is 289 g/mol. The summed E-state index contributed by atoms with van der Waals surface area (Å²) in [6, 6.07) is 4.73. The number of aryl methyl sites for hydroxylation is 1. The van der Waals surface area contributed by atoms with E-state index in [9.17, 15) is 13.5 Å². The lowest BCUT2D eigenvalue weighted by molar-refractivity contribution is 0.108. The van der Waals surface area contributed by atoms with Crippen LogP contribution in [0.2, 0.25) is 5.02 Å². The molecule has 1 aliphatic rings. The Balaban J connectivity index is 2.35. The summed E-state index contributed by atoms with van der Waals surface area (Å²) in [5, 5.41) is 10.1. The first-order valence-corrected chi connectivity index (χ1v) is 7.67. The van der Waals surface area contributed by atoms with Crippen molar-refractivity contribution in [1.29, 1.82) is 0 Å². The molecule has 0 bridgehead atoms. The molecule has 0 amide bonds. The van der Waals surface area contributed by atoms with Gasteiger partial charge in [0.1, 0.15) is 0 Å². The van der Waals surface area contributed by atoms with Gasteiger partial charge in [0.2, 0.25) is 10.0 Å². The van der Waals surface area contributed by atoms with E-state index in [-0.39, 0.29) is 11.4 Å². The highest BCUT2D eigenvalue weighted by Crippen LogP contribution is 2.25. The zero-order valence-corrected chi connectivity index (χ0v) is 11.7. The minimum atomic E-state index is -3.53. The summed E-state index contributed by atoms with van der Waals surface area (Å²) in [6.45, 7) is 2.35. The quantitative estimate of drug-likeness (QED) is 0.903. The number of benzene rings is 1. The van der Waals surface area contributed by atoms with E-state index >= 15 is 0 Å². The minimum absolute atomic E-state index is 0.171. The van der Waals surface area contributed by atoms with Crippen LogP contribution in [0.4, 0.5) is 0 Å². The number of rotatable bonds is 2. The summed E-state index contributed by atoms with van der Waals surface area (Å²) in [7, 11) is -3.53. The van der Waals surface area contributed by atoms with E-state index in [1.54, 1.807) is 19.1 Å². The Bertz CT molecular complexity index is 544. The van der Waals surface area contributed by atoms with Gasteiger partial charge in [-0.25, -0.2) is 8.42 Å². The van der Waals surface area contributed by atoms with Gasteiger partial charge in [0.15, 0.2) is 0 Å². The van der Waals surface area contributed by atoms with Gasteiger partial charge in [-0.3, -0.25) is 0 Å². The van der Waals surface area contributed by atoms with Crippen molar-refractivity contribution in [2.24, 2.45) is 0 Å². The van der Waals surface area contributed by atoms with Crippen LogP contribution in [0.3, 0.4) is 0 Å². The van der Waals surface area contributed by atoms with Crippen molar-refractivity contribution < 1.29 is 13.5 Å². The fourth-order valence-electron chi connectivity index (χ4n) is 2.18. The molecule has 1 aromatic rings. The number of hydrogen-bond acceptors (Lipinski definition) is 3. The SMILES string of the molecule is Cc1cc(Cl)ccc1S(=O)(=O)N1CCC[C@H](O)C1. The molecule has 6 heteroatoms. The summed E-state index contributed by atoms with van der Waals surface area (Å²) in [6.07, 6.45) is 0.777. The van der Waals surface area contributed by atoms with Gasteiger partial charge in [0.25, 0.3) is 0 Å². The van der Waals surface area contributed by atoms with Crippen LogP contribution in [0.25, 0.3) is 0 Å². The molecule has 18 heavy (non-hydrogen) atoms. The van der Waals surface area contributed by atoms with Crippen LogP contribution in [0.5, 0.6) is 0 Å². The zero-order valence-electron chi connectivity index (χ0n) is 10.1. The molecule has 0 aliphatic carbocycles. The second-order valence-electron chi connectivity index (χ2n) is 4.57. The number of halogens is 1. The maximum atomic E-state index is 12.4. The third kappa shape index (κ3) is 2.69. The summed E-state index contributed by atoms with van der Waals surface area (Å²) >= 11 is 5.83. The van der Waals surface area contributed by atoms with Crippen molar-refractivity contribution in [1.82, 2.24) is 4.31 Å². The van der Waals surface area contributed by atoms with Crippen molar-refractivity contribution in [2.75, 3.05) is 13.1 Å². The van der Waals surface area contributed by atoms with Crippen molar-refractivity contribution >= 4 is 21.6 Å². The lowest BCUT2D eigenvalue weighted by atomic mass is 10.1. The minimum Gasteiger partial charge on any atom is -0.392 e. The average molecular weight is 290 g/mol. The Morgan fingerprint density at radius 2 is 2.17 bits per heavy atom. The number of piperidine rings is 1. The molecule has 0 radical (unpaired) electrons. The third-order valence-electron chi connectivity index (χ3n) is 3.11. The first kappa shape index (κ1) is 13.8. The van der Waals surface area contributed by atoms with Crippen LogP contribution in [0.1, 0.15) is 18.4 Å². The highest BCUT2D eigenvalue weighted by molar-refractivity contribution is 7.89. The molecule has 1 saturated heterocycles. The van der Waals surface area contributed by atoms with Crippen LogP contribution in [0, 0.1) is 6.92 Å². The third-order valence-corrected chi connectivity index (χ3v) is 5.37. The molecule has 1 aliphatic heterocycles. The second-order valence-corrected chi connectivity index (χ2v) is 6.91. The molecule has 4 nitrogen and oxygen atoms in total. The van der Waals surface area contributed by atoms with E-state index < -0.39 is 16.1 Å². The van der Waals surface area contributed by atoms with Gasteiger partial charge < -0.3 is 5.11 Å². The van der Waals surface area contributed by atoms with E-state index in [0.29, 0.717) is 30.0 Å². The Morgan fingerprint density at radius 3 is 2.78 bits per heavy atom. The Morgan fingerprint density at radius 1 is 1.44 bits per heavy atom. The highest BCUT2D eigenvalue weighted by Gasteiger charge is 2.30. The lowest BCUT2D eigenvalue weighted by Gasteiger charge is -2.29. The topological polar surface area (TPSA) is 57.6 Å². The highest BCUT2D eigenvalue weighted by atomic mass is 35.5. The molecule has 1 aromatic carbocycles. The van der Waals surface area contributed by atoms with Gasteiger partial charge in [0.05, 0.1) is 11.0 Å². The second kappa shape index (κ2) is 5.17. The van der Waals surface area contributed by atoms with Crippen LogP contribution >= 0.6 is 11.6 Å². The van der Waals surface area contributed by atoms with Crippen molar-refractivity contribution in [3.05, 3.63) is 28.8 Å². The smallest absolute Gasteiger partial charge is 0.243 e. The molecule has 100 valence electrons. The van der Waals surface area contributed by atoms with E-state index in [1.165, 1.54) is 10.4 Å². The maximum Gasteiger partial charge on any atom is 0.243 e.